The molecule has 0 rings (SSSR count). The number of hydrogen-bond acceptors (Lipinski definition) is 3. The van der Waals surface area contributed by atoms with Crippen molar-refractivity contribution in [2.24, 2.45) is 5.41 Å². The van der Waals surface area contributed by atoms with Crippen molar-refractivity contribution in [3.63, 3.8) is 0 Å². The molecule has 0 aromatic rings. The largest absolute Gasteiger partial charge is 0.481 e. The number of carbonyl (C=O) groups excluding carboxylic acids is 1. The number of carboxylic acid groups (broad SMARTS) is 1. The summed E-state index contributed by atoms with van der Waals surface area (Å²) in [5.74, 6) is -0.996. The Labute approximate surface area is 122 Å². The molecule has 1 amide bonds. The normalized spacial score (nSPS) is 11.7. The Balaban J connectivity index is 4.32. The molecule has 0 unspecified atom stereocenters. The lowest BCUT2D eigenvalue weighted by atomic mass is 9.89. The van der Waals surface area contributed by atoms with Crippen molar-refractivity contribution in [3.05, 3.63) is 0 Å². The first-order chi connectivity index (χ1) is 9.28. The summed E-state index contributed by atoms with van der Waals surface area (Å²) in [7, 11) is 0. The molecular weight excluding hydrogens is 256 g/mol. The first-order valence-corrected chi connectivity index (χ1v) is 7.52. The van der Waals surface area contributed by atoms with Crippen LogP contribution >= 0.6 is 0 Å². The Morgan fingerprint density at radius 3 is 1.95 bits per heavy atom. The number of rotatable bonds is 10. The third-order valence-corrected chi connectivity index (χ3v) is 3.70. The van der Waals surface area contributed by atoms with E-state index in [1.54, 1.807) is 18.7 Å². The van der Waals surface area contributed by atoms with Gasteiger partial charge in [-0.15, -0.1) is 0 Å². The summed E-state index contributed by atoms with van der Waals surface area (Å²) < 4.78 is 0. The van der Waals surface area contributed by atoms with Crippen LogP contribution in [0.3, 0.4) is 0 Å². The Morgan fingerprint density at radius 2 is 1.55 bits per heavy atom. The summed E-state index contributed by atoms with van der Waals surface area (Å²) in [6, 6.07) is 0. The fourth-order valence-corrected chi connectivity index (χ4v) is 2.05. The van der Waals surface area contributed by atoms with E-state index in [2.05, 4.69) is 18.7 Å². The van der Waals surface area contributed by atoms with Gasteiger partial charge >= 0.3 is 5.97 Å². The molecule has 0 saturated heterocycles. The maximum Gasteiger partial charge on any atom is 0.309 e. The number of carboxylic acids is 1. The molecule has 0 aliphatic rings. The topological polar surface area (TPSA) is 60.9 Å². The Bertz CT molecular complexity index is 312. The minimum atomic E-state index is -0.997. The van der Waals surface area contributed by atoms with Crippen LogP contribution in [-0.2, 0) is 9.59 Å². The van der Waals surface area contributed by atoms with Crippen LogP contribution in [0.15, 0.2) is 0 Å². The van der Waals surface area contributed by atoms with Gasteiger partial charge in [-0.1, -0.05) is 13.8 Å². The van der Waals surface area contributed by atoms with Crippen LogP contribution in [0.1, 0.15) is 47.5 Å². The van der Waals surface area contributed by atoms with Crippen LogP contribution in [0.5, 0.6) is 0 Å². The van der Waals surface area contributed by atoms with Crippen molar-refractivity contribution in [2.45, 2.75) is 47.5 Å². The highest BCUT2D eigenvalue weighted by Crippen LogP contribution is 2.21. The van der Waals surface area contributed by atoms with E-state index in [1.165, 1.54) is 0 Å². The zero-order valence-electron chi connectivity index (χ0n) is 13.6. The summed E-state index contributed by atoms with van der Waals surface area (Å²) in [5, 5.41) is 9.08. The second kappa shape index (κ2) is 8.95. The lowest BCUT2D eigenvalue weighted by Gasteiger charge is -2.26. The lowest BCUT2D eigenvalue weighted by molar-refractivity contribution is -0.151. The van der Waals surface area contributed by atoms with Crippen LogP contribution in [0.2, 0.25) is 0 Å². The van der Waals surface area contributed by atoms with Gasteiger partial charge in [-0.25, -0.2) is 0 Å². The van der Waals surface area contributed by atoms with Gasteiger partial charge in [0.2, 0.25) is 5.91 Å². The van der Waals surface area contributed by atoms with Crippen molar-refractivity contribution in [1.29, 1.82) is 0 Å². The van der Waals surface area contributed by atoms with E-state index in [9.17, 15) is 9.59 Å². The Morgan fingerprint density at radius 1 is 1.00 bits per heavy atom. The molecular formula is C15H30N2O3. The molecule has 0 aromatic carbocycles. The van der Waals surface area contributed by atoms with Gasteiger partial charge in [0.25, 0.3) is 0 Å². The monoisotopic (exact) mass is 286 g/mol. The SMILES string of the molecule is CCN(CC)CCCN(CC)C(=O)CC(C)(C)C(=O)O. The fourth-order valence-electron chi connectivity index (χ4n) is 2.05. The summed E-state index contributed by atoms with van der Waals surface area (Å²) >= 11 is 0. The van der Waals surface area contributed by atoms with Gasteiger partial charge in [0.15, 0.2) is 0 Å². The van der Waals surface area contributed by atoms with Gasteiger partial charge in [-0.3, -0.25) is 9.59 Å². The average molecular weight is 286 g/mol. The molecule has 0 bridgehead atoms. The smallest absolute Gasteiger partial charge is 0.309 e. The Kier molecular flexibility index (Phi) is 8.46. The van der Waals surface area contributed by atoms with Crippen molar-refractivity contribution in [1.82, 2.24) is 9.80 Å². The highest BCUT2D eigenvalue weighted by atomic mass is 16.4. The van der Waals surface area contributed by atoms with Crippen LogP contribution in [0, 0.1) is 5.41 Å². The van der Waals surface area contributed by atoms with Gasteiger partial charge in [-0.2, -0.15) is 0 Å². The minimum Gasteiger partial charge on any atom is -0.481 e. The fraction of sp³-hybridized carbons (Fsp3) is 0.867. The molecule has 0 heterocycles. The molecule has 0 saturated carbocycles. The Hall–Kier alpha value is -1.10. The van der Waals surface area contributed by atoms with E-state index in [1.807, 2.05) is 6.92 Å². The van der Waals surface area contributed by atoms with Gasteiger partial charge in [0.1, 0.15) is 0 Å². The van der Waals surface area contributed by atoms with Crippen molar-refractivity contribution in [2.75, 3.05) is 32.7 Å². The molecule has 0 fully saturated rings. The lowest BCUT2D eigenvalue weighted by Crippen LogP contribution is -2.38. The van der Waals surface area contributed by atoms with Crippen LogP contribution in [-0.4, -0.2) is 59.5 Å². The molecule has 20 heavy (non-hydrogen) atoms. The predicted octanol–water partition coefficient (Wildman–Crippen LogP) is 2.07. The molecule has 0 spiro atoms. The standard InChI is InChI=1S/C15H30N2O3/c1-6-16(7-2)10-9-11-17(8-3)13(18)12-15(4,5)14(19)20/h6-12H2,1-5H3,(H,19,20). The van der Waals surface area contributed by atoms with E-state index in [-0.39, 0.29) is 12.3 Å². The number of nitrogens with zero attached hydrogens (tertiary/aromatic N) is 2. The molecule has 1 N–H and O–H groups in total. The predicted molar refractivity (Wildman–Crippen MR) is 80.7 cm³/mol. The van der Waals surface area contributed by atoms with Crippen LogP contribution < -0.4 is 0 Å². The van der Waals surface area contributed by atoms with E-state index in [4.69, 9.17) is 5.11 Å². The van der Waals surface area contributed by atoms with E-state index < -0.39 is 11.4 Å². The molecule has 0 aliphatic carbocycles. The van der Waals surface area contributed by atoms with Crippen molar-refractivity contribution < 1.29 is 14.7 Å². The van der Waals surface area contributed by atoms with Crippen LogP contribution in [0.4, 0.5) is 0 Å². The van der Waals surface area contributed by atoms with E-state index in [0.29, 0.717) is 13.1 Å². The third kappa shape index (κ3) is 6.37. The zero-order valence-corrected chi connectivity index (χ0v) is 13.6. The number of carbonyl (C=O) groups is 2. The van der Waals surface area contributed by atoms with E-state index in [0.717, 1.165) is 26.1 Å². The van der Waals surface area contributed by atoms with Crippen molar-refractivity contribution >= 4 is 11.9 Å². The summed E-state index contributed by atoms with van der Waals surface area (Å²) in [4.78, 5) is 27.3. The van der Waals surface area contributed by atoms with Crippen molar-refractivity contribution in [3.8, 4) is 0 Å². The highest BCUT2D eigenvalue weighted by Gasteiger charge is 2.31. The second-order valence-corrected chi connectivity index (χ2v) is 5.72. The molecule has 118 valence electrons. The molecule has 0 radical (unpaired) electrons. The maximum absolute atomic E-state index is 12.2. The molecule has 0 aromatic heterocycles. The van der Waals surface area contributed by atoms with E-state index >= 15 is 0 Å². The number of amides is 1. The minimum absolute atomic E-state index is 0.0570. The quantitative estimate of drug-likeness (QED) is 0.668. The number of hydrogen-bond donors (Lipinski definition) is 1. The zero-order chi connectivity index (χ0) is 15.8. The average Bonchev–Trinajstić information content (AvgIpc) is 2.38. The van der Waals surface area contributed by atoms with Gasteiger partial charge in [0.05, 0.1) is 5.41 Å². The van der Waals surface area contributed by atoms with Gasteiger partial charge < -0.3 is 14.9 Å². The van der Waals surface area contributed by atoms with Gasteiger partial charge in [0, 0.05) is 19.5 Å². The first-order valence-electron chi connectivity index (χ1n) is 7.52. The molecule has 0 aliphatic heterocycles. The molecule has 5 heteroatoms. The third-order valence-electron chi connectivity index (χ3n) is 3.70. The maximum atomic E-state index is 12.2. The molecule has 5 nitrogen and oxygen atoms in total. The summed E-state index contributed by atoms with van der Waals surface area (Å²) in [6.45, 7) is 13.7. The summed E-state index contributed by atoms with van der Waals surface area (Å²) in [5.41, 5.74) is -0.997. The summed E-state index contributed by atoms with van der Waals surface area (Å²) in [6.07, 6.45) is 0.982. The highest BCUT2D eigenvalue weighted by molar-refractivity contribution is 5.84. The second-order valence-electron chi connectivity index (χ2n) is 5.72. The first kappa shape index (κ1) is 18.9. The van der Waals surface area contributed by atoms with Gasteiger partial charge in [-0.05, 0) is 46.8 Å². The van der Waals surface area contributed by atoms with Crippen LogP contribution in [0.25, 0.3) is 0 Å². The number of aliphatic carboxylic acids is 1. The molecule has 0 atom stereocenters.